The van der Waals surface area contributed by atoms with E-state index in [1.807, 2.05) is 0 Å². The number of nitrogens with one attached hydrogen (secondary N) is 1. The van der Waals surface area contributed by atoms with Crippen LogP contribution in [0.5, 0.6) is 5.75 Å². The summed E-state index contributed by atoms with van der Waals surface area (Å²) in [6.07, 6.45) is -4.52. The van der Waals surface area contributed by atoms with Gasteiger partial charge in [-0.3, -0.25) is 9.59 Å². The number of halogens is 4. The van der Waals surface area contributed by atoms with E-state index in [0.717, 1.165) is 12.1 Å². The van der Waals surface area contributed by atoms with Gasteiger partial charge in [-0.1, -0.05) is 17.7 Å². The molecule has 0 bridgehead atoms. The quantitative estimate of drug-likeness (QED) is 0.377. The standard InChI is InChI=1S/C24H15ClF3NO4/c25-16-6-4-14(5-7-16)22-12-20(30)19-11-18(8-9-21(19)33-22)32-13-23(31)29-17-3-1-2-15(10-17)24(26,27)28/h1-12H,13H2,(H,29,31). The fraction of sp³-hybridized carbons (Fsp3) is 0.0833. The number of ether oxygens (including phenoxy) is 1. The first-order valence-electron chi connectivity index (χ1n) is 9.63. The summed E-state index contributed by atoms with van der Waals surface area (Å²) in [6, 6.07) is 16.9. The van der Waals surface area contributed by atoms with Crippen LogP contribution in [0.2, 0.25) is 5.02 Å². The molecule has 0 aliphatic carbocycles. The largest absolute Gasteiger partial charge is 0.484 e. The molecular weight excluding hydrogens is 459 g/mol. The molecule has 0 aliphatic heterocycles. The van der Waals surface area contributed by atoms with Crippen molar-refractivity contribution >= 4 is 34.2 Å². The van der Waals surface area contributed by atoms with Crippen molar-refractivity contribution in [2.24, 2.45) is 0 Å². The Balaban J connectivity index is 1.46. The van der Waals surface area contributed by atoms with Gasteiger partial charge in [0.15, 0.2) is 12.0 Å². The summed E-state index contributed by atoms with van der Waals surface area (Å²) in [4.78, 5) is 24.7. The zero-order valence-corrected chi connectivity index (χ0v) is 17.5. The lowest BCUT2D eigenvalue weighted by Gasteiger charge is -2.11. The maximum atomic E-state index is 12.8. The average molecular weight is 474 g/mol. The van der Waals surface area contributed by atoms with Gasteiger partial charge in [-0.15, -0.1) is 0 Å². The molecule has 5 nitrogen and oxygen atoms in total. The summed E-state index contributed by atoms with van der Waals surface area (Å²) in [5.74, 6) is -0.0499. The van der Waals surface area contributed by atoms with Crippen LogP contribution in [0, 0.1) is 0 Å². The molecule has 3 aromatic carbocycles. The van der Waals surface area contributed by atoms with Crippen molar-refractivity contribution in [3.8, 4) is 17.1 Å². The zero-order valence-electron chi connectivity index (χ0n) is 16.8. The van der Waals surface area contributed by atoms with Crippen LogP contribution in [-0.4, -0.2) is 12.5 Å². The molecule has 1 amide bonds. The van der Waals surface area contributed by atoms with E-state index in [4.69, 9.17) is 20.8 Å². The van der Waals surface area contributed by atoms with E-state index in [1.165, 1.54) is 36.4 Å². The normalized spacial score (nSPS) is 11.4. The fourth-order valence-electron chi connectivity index (χ4n) is 3.10. The minimum absolute atomic E-state index is 0.00712. The van der Waals surface area contributed by atoms with Crippen molar-refractivity contribution in [3.63, 3.8) is 0 Å². The highest BCUT2D eigenvalue weighted by Crippen LogP contribution is 2.30. The lowest BCUT2D eigenvalue weighted by atomic mass is 10.1. The van der Waals surface area contributed by atoms with E-state index in [0.29, 0.717) is 21.9 Å². The van der Waals surface area contributed by atoms with Crippen LogP contribution in [0.1, 0.15) is 5.56 Å². The lowest BCUT2D eigenvalue weighted by Crippen LogP contribution is -2.20. The molecule has 0 saturated carbocycles. The second-order valence-corrected chi connectivity index (χ2v) is 7.49. The first-order chi connectivity index (χ1) is 15.7. The zero-order chi connectivity index (χ0) is 23.6. The molecular formula is C24H15ClF3NO4. The number of hydrogen-bond acceptors (Lipinski definition) is 4. The van der Waals surface area contributed by atoms with E-state index in [2.05, 4.69) is 5.32 Å². The van der Waals surface area contributed by atoms with Crippen LogP contribution >= 0.6 is 11.6 Å². The number of amides is 1. The molecule has 0 radical (unpaired) electrons. The summed E-state index contributed by atoms with van der Waals surface area (Å²) in [7, 11) is 0. The highest BCUT2D eigenvalue weighted by atomic mass is 35.5. The number of hydrogen-bond donors (Lipinski definition) is 1. The average Bonchev–Trinajstić information content (AvgIpc) is 2.78. The molecule has 0 unspecified atom stereocenters. The summed E-state index contributed by atoms with van der Waals surface area (Å²) >= 11 is 5.89. The Kier molecular flexibility index (Phi) is 6.11. The van der Waals surface area contributed by atoms with Gasteiger partial charge in [0.1, 0.15) is 17.1 Å². The van der Waals surface area contributed by atoms with Crippen molar-refractivity contribution in [3.05, 3.63) is 93.6 Å². The van der Waals surface area contributed by atoms with Crippen LogP contribution in [-0.2, 0) is 11.0 Å². The highest BCUT2D eigenvalue weighted by Gasteiger charge is 2.30. The van der Waals surface area contributed by atoms with Gasteiger partial charge in [0.25, 0.3) is 5.91 Å². The van der Waals surface area contributed by atoms with E-state index in [-0.39, 0.29) is 22.3 Å². The topological polar surface area (TPSA) is 68.5 Å². The Morgan fingerprint density at radius 3 is 2.48 bits per heavy atom. The smallest absolute Gasteiger partial charge is 0.416 e. The van der Waals surface area contributed by atoms with Gasteiger partial charge in [-0.2, -0.15) is 13.2 Å². The summed E-state index contributed by atoms with van der Waals surface area (Å²) in [6.45, 7) is -0.462. The minimum atomic E-state index is -4.52. The predicted molar refractivity (Wildman–Crippen MR) is 118 cm³/mol. The number of alkyl halides is 3. The Bertz CT molecular complexity index is 1380. The molecule has 0 aliphatic rings. The second-order valence-electron chi connectivity index (χ2n) is 7.06. The number of rotatable bonds is 5. The summed E-state index contributed by atoms with van der Waals surface area (Å²) < 4.78 is 49.6. The molecule has 4 rings (SSSR count). The van der Waals surface area contributed by atoms with E-state index >= 15 is 0 Å². The van der Waals surface area contributed by atoms with Gasteiger partial charge >= 0.3 is 6.18 Å². The van der Waals surface area contributed by atoms with Gasteiger partial charge in [0.05, 0.1) is 10.9 Å². The van der Waals surface area contributed by atoms with E-state index in [9.17, 15) is 22.8 Å². The summed E-state index contributed by atoms with van der Waals surface area (Å²) in [5.41, 5.74) is -0.175. The van der Waals surface area contributed by atoms with Crippen LogP contribution in [0.4, 0.5) is 18.9 Å². The Hall–Kier alpha value is -3.78. The molecule has 1 heterocycles. The van der Waals surface area contributed by atoms with Crippen molar-refractivity contribution in [1.29, 1.82) is 0 Å². The summed E-state index contributed by atoms with van der Waals surface area (Å²) in [5, 5.41) is 3.16. The minimum Gasteiger partial charge on any atom is -0.484 e. The van der Waals surface area contributed by atoms with E-state index in [1.54, 1.807) is 24.3 Å². The second kappa shape index (κ2) is 8.99. The molecule has 0 saturated heterocycles. The molecule has 0 fully saturated rings. The van der Waals surface area contributed by atoms with Gasteiger partial charge in [0, 0.05) is 22.3 Å². The van der Waals surface area contributed by atoms with Crippen molar-refractivity contribution in [2.45, 2.75) is 6.18 Å². The monoisotopic (exact) mass is 473 g/mol. The van der Waals surface area contributed by atoms with Gasteiger partial charge < -0.3 is 14.5 Å². The molecule has 0 atom stereocenters. The maximum absolute atomic E-state index is 12.8. The molecule has 1 aromatic heterocycles. The van der Waals surface area contributed by atoms with Crippen molar-refractivity contribution in [2.75, 3.05) is 11.9 Å². The molecule has 168 valence electrons. The van der Waals surface area contributed by atoms with Gasteiger partial charge in [-0.05, 0) is 60.7 Å². The Morgan fingerprint density at radius 1 is 1.00 bits per heavy atom. The van der Waals surface area contributed by atoms with Crippen LogP contribution < -0.4 is 15.5 Å². The highest BCUT2D eigenvalue weighted by molar-refractivity contribution is 6.30. The molecule has 1 N–H and O–H groups in total. The molecule has 33 heavy (non-hydrogen) atoms. The number of anilines is 1. The van der Waals surface area contributed by atoms with Crippen molar-refractivity contribution in [1.82, 2.24) is 0 Å². The SMILES string of the molecule is O=C(COc1ccc2oc(-c3ccc(Cl)cc3)cc(=O)c2c1)Nc1cccc(C(F)(F)F)c1. The molecule has 4 aromatic rings. The van der Waals surface area contributed by atoms with Crippen LogP contribution in [0.3, 0.4) is 0 Å². The predicted octanol–water partition coefficient (Wildman–Crippen LogP) is 6.15. The third-order valence-corrected chi connectivity index (χ3v) is 4.92. The van der Waals surface area contributed by atoms with Gasteiger partial charge in [0.2, 0.25) is 0 Å². The number of benzene rings is 3. The number of carbonyl (C=O) groups is 1. The van der Waals surface area contributed by atoms with Crippen molar-refractivity contribution < 1.29 is 27.1 Å². The number of fused-ring (bicyclic) bond motifs is 1. The van der Waals surface area contributed by atoms with Crippen LogP contribution in [0.25, 0.3) is 22.3 Å². The molecule has 0 spiro atoms. The van der Waals surface area contributed by atoms with Gasteiger partial charge in [-0.25, -0.2) is 0 Å². The third-order valence-electron chi connectivity index (χ3n) is 4.67. The first-order valence-corrected chi connectivity index (χ1v) is 10.0. The maximum Gasteiger partial charge on any atom is 0.416 e. The Labute approximate surface area is 190 Å². The first kappa shape index (κ1) is 22.4. The lowest BCUT2D eigenvalue weighted by molar-refractivity contribution is -0.137. The fourth-order valence-corrected chi connectivity index (χ4v) is 3.23. The van der Waals surface area contributed by atoms with E-state index < -0.39 is 24.3 Å². The Morgan fingerprint density at radius 2 is 1.76 bits per heavy atom. The third kappa shape index (κ3) is 5.35. The molecule has 9 heteroatoms. The van der Waals surface area contributed by atoms with Crippen LogP contribution in [0.15, 0.2) is 82.0 Å². The number of carbonyl (C=O) groups excluding carboxylic acids is 1.